The molecule has 0 spiro atoms. The van der Waals surface area contributed by atoms with Crippen LogP contribution >= 0.6 is 11.3 Å². The van der Waals surface area contributed by atoms with E-state index >= 15 is 0 Å². The van der Waals surface area contributed by atoms with Crippen molar-refractivity contribution >= 4 is 33.3 Å². The number of hydrogen-bond acceptors (Lipinski definition) is 4. The highest BCUT2D eigenvalue weighted by atomic mass is 32.1. The number of rotatable bonds is 3. The van der Waals surface area contributed by atoms with Crippen LogP contribution in [-0.4, -0.2) is 17.6 Å². The largest absolute Gasteiger partial charge is 0.331 e. The van der Waals surface area contributed by atoms with Crippen LogP contribution in [0.3, 0.4) is 0 Å². The zero-order valence-electron chi connectivity index (χ0n) is 13.1. The van der Waals surface area contributed by atoms with Gasteiger partial charge in [0.2, 0.25) is 0 Å². The van der Waals surface area contributed by atoms with E-state index in [1.807, 2.05) is 36.4 Å². The number of nitrogens with zero attached hydrogens (tertiary/aromatic N) is 1. The molecule has 0 bridgehead atoms. The third-order valence-corrected chi connectivity index (χ3v) is 5.17. The minimum Gasteiger partial charge on any atom is -0.331 e. The number of amides is 2. The Bertz CT molecular complexity index is 857. The molecule has 2 aromatic carbocycles. The van der Waals surface area contributed by atoms with Crippen LogP contribution in [0.15, 0.2) is 42.5 Å². The third-order valence-electron chi connectivity index (χ3n) is 4.13. The summed E-state index contributed by atoms with van der Waals surface area (Å²) >= 11 is 1.60. The predicted octanol–water partition coefficient (Wildman–Crippen LogP) is 3.26. The number of nitrogens with one attached hydrogen (secondary N) is 3. The first-order chi connectivity index (χ1) is 11.8. The van der Waals surface area contributed by atoms with E-state index in [2.05, 4.69) is 27.0 Å². The number of carbonyl (C=O) groups excluding carboxylic acids is 1. The van der Waals surface area contributed by atoms with Crippen molar-refractivity contribution in [2.24, 2.45) is 0 Å². The Balaban J connectivity index is 1.42. The van der Waals surface area contributed by atoms with E-state index in [0.717, 1.165) is 40.4 Å². The van der Waals surface area contributed by atoms with Crippen LogP contribution in [-0.2, 0) is 19.5 Å². The van der Waals surface area contributed by atoms with Crippen molar-refractivity contribution in [3.63, 3.8) is 0 Å². The Kier molecular flexibility index (Phi) is 4.15. The van der Waals surface area contributed by atoms with Gasteiger partial charge in [-0.3, -0.25) is 0 Å². The monoisotopic (exact) mass is 338 g/mol. The fourth-order valence-corrected chi connectivity index (χ4v) is 3.86. The van der Waals surface area contributed by atoms with Crippen molar-refractivity contribution in [2.75, 3.05) is 11.9 Å². The number of hydrogen-bond donors (Lipinski definition) is 3. The van der Waals surface area contributed by atoms with Gasteiger partial charge in [0, 0.05) is 12.2 Å². The molecule has 0 saturated carbocycles. The van der Waals surface area contributed by atoms with Crippen LogP contribution in [0.4, 0.5) is 10.5 Å². The summed E-state index contributed by atoms with van der Waals surface area (Å²) in [5.41, 5.74) is 4.33. The highest BCUT2D eigenvalue weighted by Crippen LogP contribution is 2.23. The van der Waals surface area contributed by atoms with Gasteiger partial charge in [-0.05, 0) is 42.3 Å². The number of fused-ring (bicyclic) bond motifs is 2. The molecule has 24 heavy (non-hydrogen) atoms. The van der Waals surface area contributed by atoms with E-state index in [1.165, 1.54) is 11.1 Å². The standard InChI is InChI=1S/C18H18N4OS/c23-18(20-11-17-21-15-5-1-2-7-16(15)24-17)22-14-6-3-4-12-8-9-19-10-13(12)14/h1-7,19H,8-11H2,(H2,20,22,23). The summed E-state index contributed by atoms with van der Waals surface area (Å²) in [7, 11) is 0. The highest BCUT2D eigenvalue weighted by molar-refractivity contribution is 7.18. The first-order valence-corrected chi connectivity index (χ1v) is 8.82. The summed E-state index contributed by atoms with van der Waals surface area (Å²) in [6.45, 7) is 2.21. The van der Waals surface area contributed by atoms with Gasteiger partial charge in [0.15, 0.2) is 0 Å². The lowest BCUT2D eigenvalue weighted by molar-refractivity contribution is 0.251. The number of carbonyl (C=O) groups is 1. The van der Waals surface area contributed by atoms with E-state index in [0.29, 0.717) is 6.54 Å². The maximum Gasteiger partial charge on any atom is 0.319 e. The third kappa shape index (κ3) is 3.11. The van der Waals surface area contributed by atoms with Gasteiger partial charge in [0.1, 0.15) is 5.01 Å². The van der Waals surface area contributed by atoms with Gasteiger partial charge >= 0.3 is 6.03 Å². The minimum absolute atomic E-state index is 0.201. The van der Waals surface area contributed by atoms with Gasteiger partial charge in [-0.1, -0.05) is 24.3 Å². The lowest BCUT2D eigenvalue weighted by atomic mass is 9.99. The molecule has 6 heteroatoms. The van der Waals surface area contributed by atoms with Crippen molar-refractivity contribution in [1.82, 2.24) is 15.6 Å². The van der Waals surface area contributed by atoms with Crippen molar-refractivity contribution in [3.8, 4) is 0 Å². The average molecular weight is 338 g/mol. The second kappa shape index (κ2) is 6.59. The number of thiazole rings is 1. The van der Waals surface area contributed by atoms with E-state index in [4.69, 9.17) is 0 Å². The lowest BCUT2D eigenvalue weighted by Gasteiger charge is -2.20. The molecule has 3 N–H and O–H groups in total. The number of benzene rings is 2. The molecular weight excluding hydrogens is 320 g/mol. The summed E-state index contributed by atoms with van der Waals surface area (Å²) < 4.78 is 1.14. The summed E-state index contributed by atoms with van der Waals surface area (Å²) in [4.78, 5) is 16.7. The Labute approximate surface area is 144 Å². The highest BCUT2D eigenvalue weighted by Gasteiger charge is 2.14. The van der Waals surface area contributed by atoms with Gasteiger partial charge in [-0.2, -0.15) is 0 Å². The summed E-state index contributed by atoms with van der Waals surface area (Å²) in [6, 6.07) is 13.9. The molecule has 1 aliphatic rings. The Hall–Kier alpha value is -2.44. The molecule has 0 radical (unpaired) electrons. The van der Waals surface area contributed by atoms with Crippen molar-refractivity contribution in [2.45, 2.75) is 19.5 Å². The first kappa shape index (κ1) is 15.1. The van der Waals surface area contributed by atoms with Gasteiger partial charge in [0.05, 0.1) is 16.8 Å². The second-order valence-corrected chi connectivity index (χ2v) is 6.87. The van der Waals surface area contributed by atoms with Gasteiger partial charge in [-0.25, -0.2) is 9.78 Å². The van der Waals surface area contributed by atoms with Crippen LogP contribution in [0.1, 0.15) is 16.1 Å². The molecular formula is C18H18N4OS. The Morgan fingerprint density at radius 1 is 1.21 bits per heavy atom. The number of urea groups is 1. The average Bonchev–Trinajstić information content (AvgIpc) is 3.03. The molecule has 4 rings (SSSR count). The maximum absolute atomic E-state index is 12.2. The molecule has 0 fully saturated rings. The van der Waals surface area contributed by atoms with Crippen molar-refractivity contribution < 1.29 is 4.79 Å². The molecule has 122 valence electrons. The quantitative estimate of drug-likeness (QED) is 0.687. The molecule has 2 amide bonds. The van der Waals surface area contributed by atoms with Crippen LogP contribution in [0.2, 0.25) is 0 Å². The summed E-state index contributed by atoms with van der Waals surface area (Å²) in [6.07, 6.45) is 0.998. The smallest absolute Gasteiger partial charge is 0.319 e. The number of para-hydroxylation sites is 1. The lowest BCUT2D eigenvalue weighted by Crippen LogP contribution is -2.30. The van der Waals surface area contributed by atoms with Crippen LogP contribution in [0.5, 0.6) is 0 Å². The SMILES string of the molecule is O=C(NCc1nc2ccccc2s1)Nc1cccc2c1CNCC2. The fourth-order valence-electron chi connectivity index (χ4n) is 2.95. The summed E-state index contributed by atoms with van der Waals surface area (Å²) in [5, 5.41) is 10.1. The topological polar surface area (TPSA) is 66.0 Å². The molecule has 5 nitrogen and oxygen atoms in total. The molecule has 3 aromatic rings. The van der Waals surface area contributed by atoms with E-state index in [-0.39, 0.29) is 6.03 Å². The normalized spacial score (nSPS) is 13.5. The minimum atomic E-state index is -0.201. The molecule has 2 heterocycles. The van der Waals surface area contributed by atoms with E-state index in [9.17, 15) is 4.79 Å². The Morgan fingerprint density at radius 2 is 2.12 bits per heavy atom. The van der Waals surface area contributed by atoms with Gasteiger partial charge < -0.3 is 16.0 Å². The molecule has 0 aliphatic carbocycles. The van der Waals surface area contributed by atoms with Crippen LogP contribution in [0.25, 0.3) is 10.2 Å². The number of anilines is 1. The summed E-state index contributed by atoms with van der Waals surface area (Å²) in [5.74, 6) is 0. The molecule has 1 aromatic heterocycles. The van der Waals surface area contributed by atoms with E-state index in [1.54, 1.807) is 11.3 Å². The molecule has 0 unspecified atom stereocenters. The zero-order chi connectivity index (χ0) is 16.4. The van der Waals surface area contributed by atoms with Crippen molar-refractivity contribution in [3.05, 3.63) is 58.6 Å². The fraction of sp³-hybridized carbons (Fsp3) is 0.222. The van der Waals surface area contributed by atoms with Crippen LogP contribution < -0.4 is 16.0 Å². The molecule has 1 aliphatic heterocycles. The molecule has 0 atom stereocenters. The maximum atomic E-state index is 12.2. The van der Waals surface area contributed by atoms with Gasteiger partial charge in [0.25, 0.3) is 0 Å². The number of aromatic nitrogens is 1. The molecule has 0 saturated heterocycles. The zero-order valence-corrected chi connectivity index (χ0v) is 14.0. The Morgan fingerprint density at radius 3 is 3.04 bits per heavy atom. The van der Waals surface area contributed by atoms with E-state index < -0.39 is 0 Å². The van der Waals surface area contributed by atoms with Crippen molar-refractivity contribution in [1.29, 1.82) is 0 Å². The van der Waals surface area contributed by atoms with Crippen LogP contribution in [0, 0.1) is 0 Å². The first-order valence-electron chi connectivity index (χ1n) is 8.00. The van der Waals surface area contributed by atoms with Gasteiger partial charge in [-0.15, -0.1) is 11.3 Å². The second-order valence-electron chi connectivity index (χ2n) is 5.75. The predicted molar refractivity (Wildman–Crippen MR) is 97.3 cm³/mol.